The molecule has 1 aliphatic rings. The Kier molecular flexibility index (Phi) is 5.83. The van der Waals surface area contributed by atoms with Crippen LogP contribution in [-0.2, 0) is 10.0 Å². The van der Waals surface area contributed by atoms with Gasteiger partial charge in [0.25, 0.3) is 10.0 Å². The average Bonchev–Trinajstić information content (AvgIpc) is 3.09. The largest absolute Gasteiger partial charge is 0.489 e. The lowest BCUT2D eigenvalue weighted by Gasteiger charge is -2.30. The predicted octanol–water partition coefficient (Wildman–Crippen LogP) is 3.51. The average molecular weight is 402 g/mol. The molecule has 25 heavy (non-hydrogen) atoms. The van der Waals surface area contributed by atoms with Gasteiger partial charge in [-0.3, -0.25) is 4.72 Å². The van der Waals surface area contributed by atoms with Gasteiger partial charge in [0, 0.05) is 11.4 Å². The molecule has 136 valence electrons. The molecule has 1 aliphatic heterocycles. The van der Waals surface area contributed by atoms with Crippen molar-refractivity contribution in [1.82, 2.24) is 10.3 Å². The highest BCUT2D eigenvalue weighted by Gasteiger charge is 2.23. The number of sulfonamides is 1. The normalized spacial score (nSPS) is 21.0. The number of rotatable bonds is 6. The van der Waals surface area contributed by atoms with Gasteiger partial charge in [-0.05, 0) is 44.0 Å². The molecule has 2 N–H and O–H groups in total. The van der Waals surface area contributed by atoms with Gasteiger partial charge in [-0.2, -0.15) is 0 Å². The lowest BCUT2D eigenvalue weighted by molar-refractivity contribution is 0.138. The fourth-order valence-electron chi connectivity index (χ4n) is 2.77. The van der Waals surface area contributed by atoms with Gasteiger partial charge in [0.2, 0.25) is 0 Å². The van der Waals surface area contributed by atoms with Crippen molar-refractivity contribution < 1.29 is 13.2 Å². The minimum Gasteiger partial charge on any atom is -0.489 e. The third-order valence-corrected chi connectivity index (χ3v) is 6.35. The molecule has 1 aromatic carbocycles. The van der Waals surface area contributed by atoms with E-state index in [1.165, 1.54) is 23.5 Å². The number of piperidine rings is 1. The van der Waals surface area contributed by atoms with Gasteiger partial charge in [0.1, 0.15) is 11.9 Å². The lowest BCUT2D eigenvalue weighted by Crippen LogP contribution is -2.42. The van der Waals surface area contributed by atoms with Crippen LogP contribution in [0.3, 0.4) is 0 Å². The minimum atomic E-state index is -3.72. The molecule has 0 radical (unpaired) electrons. The summed E-state index contributed by atoms with van der Waals surface area (Å²) >= 11 is 7.57. The van der Waals surface area contributed by atoms with Crippen LogP contribution in [-0.4, -0.2) is 32.1 Å². The summed E-state index contributed by atoms with van der Waals surface area (Å²) in [5.74, 6) is 0.804. The lowest BCUT2D eigenvalue weighted by atomic mass is 10.00. The molecule has 2 atom stereocenters. The molecular formula is C16H20ClN3O3S2. The molecule has 0 bridgehead atoms. The van der Waals surface area contributed by atoms with Crippen molar-refractivity contribution in [3.63, 3.8) is 0 Å². The Balaban J connectivity index is 1.72. The predicted molar refractivity (Wildman–Crippen MR) is 100 cm³/mol. The summed E-state index contributed by atoms with van der Waals surface area (Å²) in [6.45, 7) is 3.05. The highest BCUT2D eigenvalue weighted by molar-refractivity contribution is 7.92. The third-order valence-electron chi connectivity index (χ3n) is 4.12. The van der Waals surface area contributed by atoms with Gasteiger partial charge in [0.05, 0.1) is 15.4 Å². The quantitative estimate of drug-likeness (QED) is 0.774. The number of benzene rings is 1. The van der Waals surface area contributed by atoms with Crippen molar-refractivity contribution in [3.05, 3.63) is 34.1 Å². The number of halogens is 1. The van der Waals surface area contributed by atoms with E-state index in [9.17, 15) is 8.42 Å². The molecule has 3 rings (SSSR count). The van der Waals surface area contributed by atoms with E-state index in [1.807, 2.05) is 0 Å². The van der Waals surface area contributed by atoms with Gasteiger partial charge >= 0.3 is 0 Å². The Morgan fingerprint density at radius 3 is 3.00 bits per heavy atom. The van der Waals surface area contributed by atoms with E-state index in [0.717, 1.165) is 25.8 Å². The first-order valence-electron chi connectivity index (χ1n) is 8.08. The second kappa shape index (κ2) is 7.90. The van der Waals surface area contributed by atoms with E-state index < -0.39 is 10.0 Å². The first-order valence-corrected chi connectivity index (χ1v) is 10.9. The van der Waals surface area contributed by atoms with Crippen LogP contribution in [0.5, 0.6) is 5.75 Å². The maximum atomic E-state index is 12.4. The highest BCUT2D eigenvalue weighted by atomic mass is 35.5. The summed E-state index contributed by atoms with van der Waals surface area (Å²) in [5, 5.41) is 5.35. The van der Waals surface area contributed by atoms with Gasteiger partial charge in [0.15, 0.2) is 5.82 Å². The molecule has 9 heteroatoms. The monoisotopic (exact) mass is 401 g/mol. The summed E-state index contributed by atoms with van der Waals surface area (Å²) in [5.41, 5.74) is 1.56. The highest BCUT2D eigenvalue weighted by Crippen LogP contribution is 2.30. The van der Waals surface area contributed by atoms with Crippen molar-refractivity contribution in [2.24, 2.45) is 0 Å². The van der Waals surface area contributed by atoms with Gasteiger partial charge < -0.3 is 10.1 Å². The number of hydrogen-bond donors (Lipinski definition) is 2. The van der Waals surface area contributed by atoms with E-state index in [0.29, 0.717) is 17.6 Å². The first-order chi connectivity index (χ1) is 12.0. The number of ether oxygens (including phenoxy) is 1. The number of thiazole rings is 1. The zero-order chi connectivity index (χ0) is 17.9. The van der Waals surface area contributed by atoms with Gasteiger partial charge in [-0.25, -0.2) is 13.4 Å². The fourth-order valence-corrected chi connectivity index (χ4v) is 4.64. The van der Waals surface area contributed by atoms with Crippen molar-refractivity contribution in [2.45, 2.75) is 43.2 Å². The Bertz CT molecular complexity index is 812. The summed E-state index contributed by atoms with van der Waals surface area (Å²) < 4.78 is 33.2. The van der Waals surface area contributed by atoms with Gasteiger partial charge in [-0.1, -0.05) is 18.5 Å². The molecule has 1 fully saturated rings. The third kappa shape index (κ3) is 4.63. The second-order valence-electron chi connectivity index (χ2n) is 5.89. The molecule has 0 saturated carbocycles. The topological polar surface area (TPSA) is 80.3 Å². The Hall–Kier alpha value is -1.35. The van der Waals surface area contributed by atoms with Crippen LogP contribution < -0.4 is 14.8 Å². The molecule has 0 amide bonds. The van der Waals surface area contributed by atoms with Crippen molar-refractivity contribution in [1.29, 1.82) is 0 Å². The molecule has 0 spiro atoms. The number of nitrogens with zero attached hydrogens (tertiary/aromatic N) is 1. The molecule has 6 nitrogen and oxygen atoms in total. The van der Waals surface area contributed by atoms with Crippen LogP contribution in [0.1, 0.15) is 26.2 Å². The zero-order valence-corrected chi connectivity index (χ0v) is 16.1. The van der Waals surface area contributed by atoms with Crippen LogP contribution in [0.25, 0.3) is 0 Å². The maximum absolute atomic E-state index is 12.4. The Morgan fingerprint density at radius 1 is 1.48 bits per heavy atom. The minimum absolute atomic E-state index is 0.0783. The molecule has 1 saturated heterocycles. The maximum Gasteiger partial charge on any atom is 0.263 e. The van der Waals surface area contributed by atoms with E-state index in [2.05, 4.69) is 21.9 Å². The Morgan fingerprint density at radius 2 is 2.32 bits per heavy atom. The Labute approximate surface area is 156 Å². The molecule has 1 aromatic heterocycles. The standard InChI is InChI=1S/C16H20ClN3O3S2/c1-2-11-7-12(5-6-18-11)23-15-4-3-13(8-14(15)17)25(21,22)20-16-9-24-10-19-16/h3-4,8-12,18,20H,2,5-7H2,1H3/t11-,12+/m0/s1. The number of aromatic nitrogens is 1. The van der Waals surface area contributed by atoms with Gasteiger partial charge in [-0.15, -0.1) is 11.3 Å². The smallest absolute Gasteiger partial charge is 0.263 e. The molecule has 0 unspecified atom stereocenters. The van der Waals surface area contributed by atoms with E-state index in [4.69, 9.17) is 16.3 Å². The summed E-state index contributed by atoms with van der Waals surface area (Å²) in [4.78, 5) is 4.00. The SMILES string of the molecule is CC[C@H]1C[C@H](Oc2ccc(S(=O)(=O)Nc3cscn3)cc2Cl)CCN1. The molecule has 0 aliphatic carbocycles. The van der Waals surface area contributed by atoms with Crippen LogP contribution in [0.4, 0.5) is 5.82 Å². The molecule has 2 heterocycles. The van der Waals surface area contributed by atoms with Crippen molar-refractivity contribution in [3.8, 4) is 5.75 Å². The van der Waals surface area contributed by atoms with E-state index in [-0.39, 0.29) is 16.0 Å². The zero-order valence-electron chi connectivity index (χ0n) is 13.7. The van der Waals surface area contributed by atoms with E-state index in [1.54, 1.807) is 17.0 Å². The number of anilines is 1. The van der Waals surface area contributed by atoms with Crippen molar-refractivity contribution in [2.75, 3.05) is 11.3 Å². The molecular weight excluding hydrogens is 382 g/mol. The number of nitrogens with one attached hydrogen (secondary N) is 2. The van der Waals surface area contributed by atoms with E-state index >= 15 is 0 Å². The number of hydrogen-bond acceptors (Lipinski definition) is 6. The summed E-state index contributed by atoms with van der Waals surface area (Å²) in [6.07, 6.45) is 2.95. The second-order valence-corrected chi connectivity index (χ2v) is 8.70. The van der Waals surface area contributed by atoms with Crippen molar-refractivity contribution >= 4 is 38.8 Å². The first kappa shape index (κ1) is 18.4. The van der Waals surface area contributed by atoms with Crippen LogP contribution in [0.2, 0.25) is 5.02 Å². The fraction of sp³-hybridized carbons (Fsp3) is 0.438. The van der Waals surface area contributed by atoms with Crippen LogP contribution in [0, 0.1) is 0 Å². The summed E-state index contributed by atoms with van der Waals surface area (Å²) in [6, 6.07) is 4.96. The molecule has 2 aromatic rings. The summed E-state index contributed by atoms with van der Waals surface area (Å²) in [7, 11) is -3.72. The van der Waals surface area contributed by atoms with Crippen LogP contribution >= 0.6 is 22.9 Å². The van der Waals surface area contributed by atoms with Crippen LogP contribution in [0.15, 0.2) is 34.0 Å².